The van der Waals surface area contributed by atoms with Crippen LogP contribution in [0.25, 0.3) is 0 Å². The summed E-state index contributed by atoms with van der Waals surface area (Å²) in [4.78, 5) is 17.9. The lowest BCUT2D eigenvalue weighted by Crippen LogP contribution is -2.24. The first-order chi connectivity index (χ1) is 10.5. The Morgan fingerprint density at radius 2 is 2.00 bits per heavy atom. The molecule has 1 aromatic carbocycles. The van der Waals surface area contributed by atoms with Crippen molar-refractivity contribution in [2.45, 2.75) is 25.8 Å². The van der Waals surface area contributed by atoms with E-state index >= 15 is 0 Å². The first-order valence-electron chi connectivity index (χ1n) is 7.16. The Morgan fingerprint density at radius 3 is 2.68 bits per heavy atom. The summed E-state index contributed by atoms with van der Waals surface area (Å²) >= 11 is 0. The molecule has 3 rings (SSSR count). The van der Waals surface area contributed by atoms with Crippen LogP contribution in [0.2, 0.25) is 0 Å². The maximum atomic E-state index is 13.3. The van der Waals surface area contributed by atoms with Crippen LogP contribution in [0.4, 0.5) is 8.78 Å². The molecular weight excluding hydrogens is 286 g/mol. The van der Waals surface area contributed by atoms with Crippen molar-refractivity contribution in [2.24, 2.45) is 0 Å². The van der Waals surface area contributed by atoms with Crippen LogP contribution in [-0.4, -0.2) is 22.3 Å². The molecule has 1 fully saturated rings. The van der Waals surface area contributed by atoms with E-state index in [1.54, 1.807) is 17.3 Å². The highest BCUT2D eigenvalue weighted by molar-refractivity contribution is 5.79. The van der Waals surface area contributed by atoms with E-state index in [4.69, 9.17) is 0 Å². The molecule has 114 valence electrons. The molecule has 0 aliphatic carbocycles. The molecule has 1 saturated heterocycles. The molecule has 2 aromatic rings. The second-order valence-electron chi connectivity index (χ2n) is 5.68. The van der Waals surface area contributed by atoms with Gasteiger partial charge in [0.2, 0.25) is 5.91 Å². The summed E-state index contributed by atoms with van der Waals surface area (Å²) in [6, 6.07) is 5.35. The van der Waals surface area contributed by atoms with Gasteiger partial charge in [-0.05, 0) is 41.8 Å². The number of nitrogens with zero attached hydrogens (tertiary/aromatic N) is 2. The van der Waals surface area contributed by atoms with Crippen molar-refractivity contribution in [1.29, 1.82) is 0 Å². The van der Waals surface area contributed by atoms with Gasteiger partial charge in [0, 0.05) is 43.9 Å². The van der Waals surface area contributed by atoms with Gasteiger partial charge in [-0.3, -0.25) is 9.78 Å². The molecule has 1 aromatic heterocycles. The molecule has 1 aliphatic rings. The topological polar surface area (TPSA) is 33.2 Å². The molecule has 1 atom stereocenters. The van der Waals surface area contributed by atoms with E-state index in [0.717, 1.165) is 17.2 Å². The van der Waals surface area contributed by atoms with E-state index < -0.39 is 11.6 Å². The van der Waals surface area contributed by atoms with E-state index in [2.05, 4.69) is 4.98 Å². The number of carbonyl (C=O) groups excluding carboxylic acids is 1. The number of aromatic nitrogens is 1. The van der Waals surface area contributed by atoms with E-state index in [1.165, 1.54) is 12.1 Å². The summed E-state index contributed by atoms with van der Waals surface area (Å²) in [5.74, 6) is -1.37. The molecule has 0 radical (unpaired) electrons. The first kappa shape index (κ1) is 14.6. The molecule has 0 saturated carbocycles. The fourth-order valence-corrected chi connectivity index (χ4v) is 2.84. The predicted octanol–water partition coefficient (Wildman–Crippen LogP) is 3.18. The highest BCUT2D eigenvalue weighted by atomic mass is 19.1. The number of halogens is 2. The van der Waals surface area contributed by atoms with Gasteiger partial charge in [0.05, 0.1) is 0 Å². The standard InChI is InChI=1S/C17H16F2N2O/c1-11-8-20-3-2-12(11)9-21-10-14(6-17(21)22)13-4-15(18)7-16(19)5-13/h2-5,7-8,14H,6,9-10H2,1H3/t14-/m1/s1. The van der Waals surface area contributed by atoms with Crippen LogP contribution in [0.1, 0.15) is 29.0 Å². The smallest absolute Gasteiger partial charge is 0.223 e. The van der Waals surface area contributed by atoms with E-state index in [9.17, 15) is 13.6 Å². The summed E-state index contributed by atoms with van der Waals surface area (Å²) < 4.78 is 26.7. The zero-order valence-corrected chi connectivity index (χ0v) is 12.2. The number of hydrogen-bond acceptors (Lipinski definition) is 2. The first-order valence-corrected chi connectivity index (χ1v) is 7.16. The van der Waals surface area contributed by atoms with Crippen molar-refractivity contribution in [1.82, 2.24) is 9.88 Å². The Balaban J connectivity index is 1.77. The number of carbonyl (C=O) groups is 1. The van der Waals surface area contributed by atoms with Crippen LogP contribution < -0.4 is 0 Å². The summed E-state index contributed by atoms with van der Waals surface area (Å²) in [7, 11) is 0. The fourth-order valence-electron chi connectivity index (χ4n) is 2.84. The van der Waals surface area contributed by atoms with Gasteiger partial charge in [-0.2, -0.15) is 0 Å². The number of likely N-dealkylation sites (tertiary alicyclic amines) is 1. The summed E-state index contributed by atoms with van der Waals surface area (Å²) in [5.41, 5.74) is 2.60. The molecule has 22 heavy (non-hydrogen) atoms. The van der Waals surface area contributed by atoms with Crippen LogP contribution >= 0.6 is 0 Å². The SMILES string of the molecule is Cc1cnccc1CN1C[C@H](c2cc(F)cc(F)c2)CC1=O. The molecule has 3 nitrogen and oxygen atoms in total. The molecule has 0 spiro atoms. The van der Waals surface area contributed by atoms with Crippen molar-refractivity contribution < 1.29 is 13.6 Å². The van der Waals surface area contributed by atoms with Crippen molar-refractivity contribution >= 4 is 5.91 Å². The number of pyridine rings is 1. The van der Waals surface area contributed by atoms with E-state index in [1.807, 2.05) is 13.0 Å². The van der Waals surface area contributed by atoms with Crippen LogP contribution in [0.5, 0.6) is 0 Å². The summed E-state index contributed by atoms with van der Waals surface area (Å²) in [6.07, 6.45) is 3.74. The monoisotopic (exact) mass is 302 g/mol. The van der Waals surface area contributed by atoms with Crippen molar-refractivity contribution in [3.63, 3.8) is 0 Å². The largest absolute Gasteiger partial charge is 0.338 e. The second kappa shape index (κ2) is 5.83. The van der Waals surface area contributed by atoms with E-state index in [-0.39, 0.29) is 18.2 Å². The zero-order valence-electron chi connectivity index (χ0n) is 12.2. The third-order valence-corrected chi connectivity index (χ3v) is 4.07. The predicted molar refractivity (Wildman–Crippen MR) is 78.1 cm³/mol. The Morgan fingerprint density at radius 1 is 1.27 bits per heavy atom. The van der Waals surface area contributed by atoms with Crippen LogP contribution in [0.3, 0.4) is 0 Å². The molecule has 2 heterocycles. The Labute approximate surface area is 127 Å². The molecule has 1 aliphatic heterocycles. The minimum absolute atomic E-state index is 0.00545. The normalized spacial score (nSPS) is 18.0. The van der Waals surface area contributed by atoms with Crippen molar-refractivity contribution in [3.8, 4) is 0 Å². The average Bonchev–Trinajstić information content (AvgIpc) is 2.82. The Bertz CT molecular complexity index is 697. The number of hydrogen-bond donors (Lipinski definition) is 0. The van der Waals surface area contributed by atoms with Crippen LogP contribution in [0.15, 0.2) is 36.7 Å². The molecule has 5 heteroatoms. The number of aryl methyl sites for hydroxylation is 1. The third-order valence-electron chi connectivity index (χ3n) is 4.07. The fraction of sp³-hybridized carbons (Fsp3) is 0.294. The van der Waals surface area contributed by atoms with Gasteiger partial charge >= 0.3 is 0 Å². The minimum Gasteiger partial charge on any atom is -0.338 e. The van der Waals surface area contributed by atoms with Gasteiger partial charge in [0.25, 0.3) is 0 Å². The van der Waals surface area contributed by atoms with Crippen LogP contribution in [0, 0.1) is 18.6 Å². The molecule has 0 bridgehead atoms. The van der Waals surface area contributed by atoms with Gasteiger partial charge in [-0.25, -0.2) is 8.78 Å². The molecule has 1 amide bonds. The molecule has 0 unspecified atom stereocenters. The molecular formula is C17H16F2N2O. The van der Waals surface area contributed by atoms with Gasteiger partial charge < -0.3 is 4.90 Å². The van der Waals surface area contributed by atoms with Gasteiger partial charge in [0.15, 0.2) is 0 Å². The Hall–Kier alpha value is -2.30. The van der Waals surface area contributed by atoms with Gasteiger partial charge in [-0.1, -0.05) is 0 Å². The third kappa shape index (κ3) is 2.98. The summed E-state index contributed by atoms with van der Waals surface area (Å²) in [6.45, 7) is 2.92. The zero-order chi connectivity index (χ0) is 15.7. The Kier molecular flexibility index (Phi) is 3.88. The maximum Gasteiger partial charge on any atom is 0.223 e. The minimum atomic E-state index is -0.606. The van der Waals surface area contributed by atoms with Gasteiger partial charge in [0.1, 0.15) is 11.6 Å². The highest BCUT2D eigenvalue weighted by Gasteiger charge is 2.31. The second-order valence-corrected chi connectivity index (χ2v) is 5.68. The van der Waals surface area contributed by atoms with Crippen molar-refractivity contribution in [3.05, 3.63) is 65.0 Å². The lowest BCUT2D eigenvalue weighted by molar-refractivity contribution is -0.128. The highest BCUT2D eigenvalue weighted by Crippen LogP contribution is 2.30. The maximum absolute atomic E-state index is 13.3. The average molecular weight is 302 g/mol. The summed E-state index contributed by atoms with van der Waals surface area (Å²) in [5, 5.41) is 0. The number of amides is 1. The molecule has 0 N–H and O–H groups in total. The lowest BCUT2D eigenvalue weighted by Gasteiger charge is -2.18. The van der Waals surface area contributed by atoms with Gasteiger partial charge in [-0.15, -0.1) is 0 Å². The number of benzene rings is 1. The quantitative estimate of drug-likeness (QED) is 0.872. The van der Waals surface area contributed by atoms with Crippen molar-refractivity contribution in [2.75, 3.05) is 6.54 Å². The van der Waals surface area contributed by atoms with Crippen LogP contribution in [-0.2, 0) is 11.3 Å². The van der Waals surface area contributed by atoms with E-state index in [0.29, 0.717) is 18.7 Å². The lowest BCUT2D eigenvalue weighted by atomic mass is 9.98. The number of rotatable bonds is 3.